The smallest absolute Gasteiger partial charge is 0.416 e. The van der Waals surface area contributed by atoms with Crippen LogP contribution in [0.1, 0.15) is 27.1 Å². The van der Waals surface area contributed by atoms with Crippen molar-refractivity contribution in [2.24, 2.45) is 10.2 Å². The molecule has 2 aromatic heterocycles. The SMILES string of the molecule is Oc1nc(NCc2cncnc2)sc1C(Cc1ccc(Cl)cc1C(F)(F)F)=c1ccc2c(c1)C=NN=2. The lowest BCUT2D eigenvalue weighted by molar-refractivity contribution is -0.138. The molecule has 0 spiro atoms. The van der Waals surface area contributed by atoms with Crippen molar-refractivity contribution in [2.75, 3.05) is 5.32 Å². The summed E-state index contributed by atoms with van der Waals surface area (Å²) in [5.41, 5.74) is 1.18. The van der Waals surface area contributed by atoms with Crippen LogP contribution in [0.2, 0.25) is 5.02 Å². The van der Waals surface area contributed by atoms with Gasteiger partial charge in [-0.1, -0.05) is 35.1 Å². The lowest BCUT2D eigenvalue weighted by Gasteiger charge is -2.15. The third-order valence-corrected chi connectivity index (χ3v) is 6.72. The van der Waals surface area contributed by atoms with Crippen LogP contribution in [-0.4, -0.2) is 26.3 Å². The van der Waals surface area contributed by atoms with E-state index in [1.165, 1.54) is 18.5 Å². The van der Waals surface area contributed by atoms with Gasteiger partial charge in [-0.15, -0.1) is 0 Å². The number of fused-ring (bicyclic) bond motifs is 1. The normalized spacial score (nSPS) is 13.3. The number of aromatic nitrogens is 3. The predicted molar refractivity (Wildman–Crippen MR) is 131 cm³/mol. The van der Waals surface area contributed by atoms with Gasteiger partial charge in [0.15, 0.2) is 5.13 Å². The van der Waals surface area contributed by atoms with E-state index >= 15 is 0 Å². The summed E-state index contributed by atoms with van der Waals surface area (Å²) >= 11 is 7.01. The molecule has 0 radical (unpaired) electrons. The Labute approximate surface area is 211 Å². The standard InChI is InChI=1S/C24H16ClF3N6OS/c25-17-3-1-15(19(7-17)24(26,27)28)6-18(14-2-4-20-16(5-14)11-32-34-20)21-22(35)33-23(36-21)31-10-13-8-29-12-30-9-13/h1-5,7-9,11-12,35H,6,10H2,(H,31,33). The van der Waals surface area contributed by atoms with Gasteiger partial charge in [0.25, 0.3) is 0 Å². The summed E-state index contributed by atoms with van der Waals surface area (Å²) in [6.07, 6.45) is 1.54. The Hall–Kier alpha value is -3.83. The Kier molecular flexibility index (Phi) is 6.42. The van der Waals surface area contributed by atoms with Gasteiger partial charge < -0.3 is 10.4 Å². The molecule has 2 N–H and O–H groups in total. The van der Waals surface area contributed by atoms with Crippen LogP contribution >= 0.6 is 22.9 Å². The van der Waals surface area contributed by atoms with E-state index in [9.17, 15) is 18.3 Å². The van der Waals surface area contributed by atoms with E-state index in [0.717, 1.165) is 28.5 Å². The molecule has 7 nitrogen and oxygen atoms in total. The molecular weight excluding hydrogens is 513 g/mol. The topological polar surface area (TPSA) is 95.7 Å². The molecule has 5 rings (SSSR count). The highest BCUT2D eigenvalue weighted by molar-refractivity contribution is 7.16. The molecule has 0 saturated heterocycles. The number of anilines is 1. The number of halogens is 4. The van der Waals surface area contributed by atoms with Gasteiger partial charge >= 0.3 is 6.18 Å². The second-order valence-corrected chi connectivity index (χ2v) is 9.28. The molecule has 2 aromatic carbocycles. The number of benzene rings is 2. The van der Waals surface area contributed by atoms with Gasteiger partial charge in [-0.3, -0.25) is 0 Å². The van der Waals surface area contributed by atoms with Crippen molar-refractivity contribution in [3.63, 3.8) is 0 Å². The Morgan fingerprint density at radius 3 is 2.67 bits per heavy atom. The summed E-state index contributed by atoms with van der Waals surface area (Å²) in [5, 5.41) is 23.4. The minimum Gasteiger partial charge on any atom is -0.492 e. The van der Waals surface area contributed by atoms with Crippen molar-refractivity contribution in [1.29, 1.82) is 0 Å². The zero-order valence-corrected chi connectivity index (χ0v) is 19.9. The average molecular weight is 529 g/mol. The minimum absolute atomic E-state index is 0.0139. The Morgan fingerprint density at radius 1 is 1.08 bits per heavy atom. The molecule has 182 valence electrons. The lowest BCUT2D eigenvalue weighted by atomic mass is 9.96. The van der Waals surface area contributed by atoms with Crippen molar-refractivity contribution < 1.29 is 18.3 Å². The fraction of sp³-hybridized carbons (Fsp3) is 0.125. The number of hydrogen-bond acceptors (Lipinski definition) is 8. The summed E-state index contributed by atoms with van der Waals surface area (Å²) < 4.78 is 41.5. The van der Waals surface area contributed by atoms with Crippen LogP contribution in [0.5, 0.6) is 5.88 Å². The number of nitrogens with one attached hydrogen (secondary N) is 1. The predicted octanol–water partition coefficient (Wildman–Crippen LogP) is 4.33. The maximum absolute atomic E-state index is 13.8. The van der Waals surface area contributed by atoms with Crippen LogP contribution in [0.15, 0.2) is 65.3 Å². The molecule has 3 heterocycles. The number of aromatic hydroxyl groups is 1. The maximum atomic E-state index is 13.8. The first-order valence-electron chi connectivity index (χ1n) is 10.6. The van der Waals surface area contributed by atoms with Gasteiger partial charge in [-0.2, -0.15) is 28.4 Å². The highest BCUT2D eigenvalue weighted by atomic mass is 35.5. The first-order valence-corrected chi connectivity index (χ1v) is 11.8. The van der Waals surface area contributed by atoms with Crippen LogP contribution in [0, 0.1) is 0 Å². The van der Waals surface area contributed by atoms with Crippen molar-refractivity contribution in [3.8, 4) is 5.88 Å². The number of thiazole rings is 1. The molecule has 0 amide bonds. The first-order chi connectivity index (χ1) is 17.3. The molecule has 1 aliphatic heterocycles. The molecule has 0 bridgehead atoms. The number of alkyl halides is 3. The van der Waals surface area contributed by atoms with Gasteiger partial charge in [0.1, 0.15) is 6.33 Å². The minimum atomic E-state index is -4.60. The van der Waals surface area contributed by atoms with Gasteiger partial charge in [0.2, 0.25) is 5.88 Å². The molecule has 0 saturated carbocycles. The summed E-state index contributed by atoms with van der Waals surface area (Å²) in [6, 6.07) is 8.92. The number of nitrogens with zero attached hydrogens (tertiary/aromatic N) is 5. The average Bonchev–Trinajstić information content (AvgIpc) is 3.47. The highest BCUT2D eigenvalue weighted by Gasteiger charge is 2.34. The van der Waals surface area contributed by atoms with Gasteiger partial charge in [-0.25, -0.2) is 9.97 Å². The second kappa shape index (κ2) is 9.67. The van der Waals surface area contributed by atoms with E-state index in [1.807, 2.05) is 0 Å². The molecule has 1 aliphatic rings. The van der Waals surface area contributed by atoms with E-state index < -0.39 is 11.7 Å². The van der Waals surface area contributed by atoms with Crippen molar-refractivity contribution >= 4 is 39.9 Å². The molecule has 0 aliphatic carbocycles. The Balaban J connectivity index is 1.60. The molecular formula is C24H16ClF3N6OS. The van der Waals surface area contributed by atoms with Crippen molar-refractivity contribution in [3.05, 3.63) is 97.8 Å². The third-order valence-electron chi connectivity index (χ3n) is 5.42. The van der Waals surface area contributed by atoms with Crippen LogP contribution in [-0.2, 0) is 19.1 Å². The summed E-state index contributed by atoms with van der Waals surface area (Å²) in [7, 11) is 0. The maximum Gasteiger partial charge on any atom is 0.416 e. The van der Waals surface area contributed by atoms with Gasteiger partial charge in [-0.05, 0) is 40.6 Å². The van der Waals surface area contributed by atoms with Crippen LogP contribution < -0.4 is 15.9 Å². The fourth-order valence-corrected chi connectivity index (χ4v) is 4.84. The molecule has 4 aromatic rings. The summed E-state index contributed by atoms with van der Waals surface area (Å²) in [6.45, 7) is 0.356. The highest BCUT2D eigenvalue weighted by Crippen LogP contribution is 2.38. The van der Waals surface area contributed by atoms with Crippen LogP contribution in [0.3, 0.4) is 0 Å². The molecule has 0 atom stereocenters. The van der Waals surface area contributed by atoms with Crippen molar-refractivity contribution in [1.82, 2.24) is 15.0 Å². The zero-order chi connectivity index (χ0) is 25.3. The zero-order valence-electron chi connectivity index (χ0n) is 18.3. The van der Waals surface area contributed by atoms with E-state index in [4.69, 9.17) is 11.6 Å². The largest absolute Gasteiger partial charge is 0.492 e. The fourth-order valence-electron chi connectivity index (χ4n) is 3.74. The Bertz CT molecular complexity index is 1590. The Morgan fingerprint density at radius 2 is 1.89 bits per heavy atom. The second-order valence-electron chi connectivity index (χ2n) is 7.84. The number of hydrogen-bond donors (Lipinski definition) is 2. The third kappa shape index (κ3) is 5.07. The van der Waals surface area contributed by atoms with Crippen molar-refractivity contribution in [2.45, 2.75) is 19.1 Å². The van der Waals surface area contributed by atoms with E-state index in [1.54, 1.807) is 36.8 Å². The van der Waals surface area contributed by atoms with E-state index in [0.29, 0.717) is 32.7 Å². The molecule has 0 unspecified atom stereocenters. The summed E-state index contributed by atoms with van der Waals surface area (Å²) in [4.78, 5) is 12.4. The molecule has 36 heavy (non-hydrogen) atoms. The van der Waals surface area contributed by atoms with Crippen LogP contribution in [0.4, 0.5) is 18.3 Å². The number of rotatable bonds is 6. The first kappa shape index (κ1) is 23.9. The van der Waals surface area contributed by atoms with Gasteiger partial charge in [0, 0.05) is 41.5 Å². The van der Waals surface area contributed by atoms with Gasteiger partial charge in [0.05, 0.1) is 22.0 Å². The quantitative estimate of drug-likeness (QED) is 0.388. The lowest BCUT2D eigenvalue weighted by Crippen LogP contribution is -2.17. The van der Waals surface area contributed by atoms with Crippen LogP contribution in [0.25, 0.3) is 5.57 Å². The monoisotopic (exact) mass is 528 g/mol. The van der Waals surface area contributed by atoms with E-state index in [2.05, 4.69) is 30.5 Å². The summed E-state index contributed by atoms with van der Waals surface area (Å²) in [5.74, 6) is -0.289. The molecule has 12 heteroatoms. The molecule has 0 fully saturated rings. The van der Waals surface area contributed by atoms with E-state index in [-0.39, 0.29) is 22.9 Å².